The molecule has 1 rings (SSSR count). The number of ether oxygens (including phenoxy) is 1. The zero-order valence-corrected chi connectivity index (χ0v) is 7.46. The second-order valence-electron chi connectivity index (χ2n) is 3.48. The second-order valence-corrected chi connectivity index (χ2v) is 3.48. The Hall–Kier alpha value is -0.220. The molecule has 0 radical (unpaired) electrons. The van der Waals surface area contributed by atoms with Gasteiger partial charge in [-0.3, -0.25) is 0 Å². The highest BCUT2D eigenvalue weighted by Crippen LogP contribution is 2.21. The van der Waals surface area contributed by atoms with Crippen molar-refractivity contribution in [2.75, 3.05) is 20.2 Å². The van der Waals surface area contributed by atoms with Crippen LogP contribution in [0.25, 0.3) is 0 Å². The van der Waals surface area contributed by atoms with Crippen molar-refractivity contribution in [2.45, 2.75) is 26.0 Å². The van der Waals surface area contributed by atoms with Crippen molar-refractivity contribution >= 4 is 0 Å². The lowest BCUT2D eigenvalue weighted by Crippen LogP contribution is -2.22. The molecule has 1 fully saturated rings. The molecule has 2 unspecified atom stereocenters. The molecule has 1 heterocycles. The number of nitrogens with zero attached hydrogens (tertiary/aromatic N) is 1. The fourth-order valence-electron chi connectivity index (χ4n) is 1.65. The SMILES string of the molecule is CC1CC(COC(F)F)CN1C. The van der Waals surface area contributed by atoms with Gasteiger partial charge in [0.2, 0.25) is 0 Å². The van der Waals surface area contributed by atoms with E-state index in [2.05, 4.69) is 16.6 Å². The summed E-state index contributed by atoms with van der Waals surface area (Å²) in [6.45, 7) is 0.536. The molecule has 72 valence electrons. The summed E-state index contributed by atoms with van der Waals surface area (Å²) in [6.07, 6.45) is 0.962. The van der Waals surface area contributed by atoms with Crippen molar-refractivity contribution in [1.82, 2.24) is 4.90 Å². The Bertz CT molecular complexity index is 133. The van der Waals surface area contributed by atoms with Crippen LogP contribution in [-0.4, -0.2) is 37.8 Å². The molecule has 2 atom stereocenters. The van der Waals surface area contributed by atoms with E-state index in [-0.39, 0.29) is 12.5 Å². The zero-order valence-electron chi connectivity index (χ0n) is 7.46. The molecule has 12 heavy (non-hydrogen) atoms. The number of rotatable bonds is 3. The quantitative estimate of drug-likeness (QED) is 0.652. The first-order valence-corrected chi connectivity index (χ1v) is 4.19. The topological polar surface area (TPSA) is 12.5 Å². The minimum atomic E-state index is -2.62. The first-order valence-electron chi connectivity index (χ1n) is 4.19. The molecule has 0 spiro atoms. The van der Waals surface area contributed by atoms with E-state index in [0.29, 0.717) is 6.04 Å². The number of hydrogen-bond donors (Lipinski definition) is 0. The highest BCUT2D eigenvalue weighted by Gasteiger charge is 2.26. The van der Waals surface area contributed by atoms with Crippen molar-refractivity contribution < 1.29 is 13.5 Å². The van der Waals surface area contributed by atoms with Gasteiger partial charge in [-0.25, -0.2) is 0 Å². The third-order valence-corrected chi connectivity index (χ3v) is 2.43. The largest absolute Gasteiger partial charge is 0.345 e. The van der Waals surface area contributed by atoms with E-state index in [0.717, 1.165) is 13.0 Å². The summed E-state index contributed by atoms with van der Waals surface area (Å²) >= 11 is 0. The predicted octanol–water partition coefficient (Wildman–Crippen LogP) is 1.57. The summed E-state index contributed by atoms with van der Waals surface area (Å²) in [4.78, 5) is 2.17. The average molecular weight is 179 g/mol. The van der Waals surface area contributed by atoms with Gasteiger partial charge in [0, 0.05) is 12.6 Å². The summed E-state index contributed by atoms with van der Waals surface area (Å²) in [5, 5.41) is 0. The summed E-state index contributed by atoms with van der Waals surface area (Å²) in [5.74, 6) is 0.277. The fraction of sp³-hybridized carbons (Fsp3) is 1.00. The van der Waals surface area contributed by atoms with Crippen molar-refractivity contribution in [3.05, 3.63) is 0 Å². The van der Waals surface area contributed by atoms with Gasteiger partial charge in [0.1, 0.15) is 0 Å². The molecule has 0 aromatic heterocycles. The predicted molar refractivity (Wildman–Crippen MR) is 42.2 cm³/mol. The Kier molecular flexibility index (Phi) is 3.40. The lowest BCUT2D eigenvalue weighted by molar-refractivity contribution is -0.137. The molecule has 0 aromatic carbocycles. The van der Waals surface area contributed by atoms with E-state index in [4.69, 9.17) is 0 Å². The maximum Gasteiger partial charge on any atom is 0.345 e. The molecule has 1 aliphatic rings. The van der Waals surface area contributed by atoms with E-state index in [1.807, 2.05) is 7.05 Å². The average Bonchev–Trinajstić information content (AvgIpc) is 2.28. The number of alkyl halides is 2. The van der Waals surface area contributed by atoms with Gasteiger partial charge in [0.25, 0.3) is 0 Å². The fourth-order valence-corrected chi connectivity index (χ4v) is 1.65. The van der Waals surface area contributed by atoms with Crippen LogP contribution < -0.4 is 0 Å². The zero-order chi connectivity index (χ0) is 9.14. The van der Waals surface area contributed by atoms with Crippen LogP contribution in [0.15, 0.2) is 0 Å². The van der Waals surface area contributed by atoms with E-state index in [1.165, 1.54) is 0 Å². The number of likely N-dealkylation sites (tertiary alicyclic amines) is 1. The van der Waals surface area contributed by atoms with Gasteiger partial charge in [-0.1, -0.05) is 0 Å². The second kappa shape index (κ2) is 4.14. The van der Waals surface area contributed by atoms with Gasteiger partial charge in [-0.15, -0.1) is 0 Å². The van der Waals surface area contributed by atoms with Crippen LogP contribution in [-0.2, 0) is 4.74 Å². The van der Waals surface area contributed by atoms with E-state index >= 15 is 0 Å². The Morgan fingerprint density at radius 2 is 2.25 bits per heavy atom. The highest BCUT2D eigenvalue weighted by atomic mass is 19.3. The molecular weight excluding hydrogens is 164 g/mol. The normalized spacial score (nSPS) is 31.8. The third-order valence-electron chi connectivity index (χ3n) is 2.43. The molecule has 4 heteroatoms. The molecule has 1 aliphatic heterocycles. The monoisotopic (exact) mass is 179 g/mol. The molecule has 0 aromatic rings. The standard InChI is InChI=1S/C8H15F2NO/c1-6-3-7(4-11(6)2)5-12-8(9)10/h6-8H,3-5H2,1-2H3. The van der Waals surface area contributed by atoms with Crippen LogP contribution in [0.1, 0.15) is 13.3 Å². The molecule has 0 bridgehead atoms. The smallest absolute Gasteiger partial charge is 0.323 e. The lowest BCUT2D eigenvalue weighted by Gasteiger charge is -2.12. The molecular formula is C8H15F2NO. The van der Waals surface area contributed by atoms with Gasteiger partial charge < -0.3 is 9.64 Å². The van der Waals surface area contributed by atoms with E-state index in [1.54, 1.807) is 0 Å². The van der Waals surface area contributed by atoms with Crippen LogP contribution in [0.5, 0.6) is 0 Å². The van der Waals surface area contributed by atoms with Crippen LogP contribution in [0.2, 0.25) is 0 Å². The van der Waals surface area contributed by atoms with Crippen LogP contribution in [0, 0.1) is 5.92 Å². The first kappa shape index (κ1) is 9.86. The van der Waals surface area contributed by atoms with Crippen molar-refractivity contribution in [2.24, 2.45) is 5.92 Å². The maximum atomic E-state index is 11.6. The van der Waals surface area contributed by atoms with Crippen molar-refractivity contribution in [3.63, 3.8) is 0 Å². The third kappa shape index (κ3) is 2.68. The molecule has 2 nitrogen and oxygen atoms in total. The van der Waals surface area contributed by atoms with Crippen LogP contribution in [0.4, 0.5) is 8.78 Å². The van der Waals surface area contributed by atoms with Gasteiger partial charge in [-0.2, -0.15) is 8.78 Å². The van der Waals surface area contributed by atoms with Crippen molar-refractivity contribution in [1.29, 1.82) is 0 Å². The van der Waals surface area contributed by atoms with Gasteiger partial charge in [-0.05, 0) is 26.3 Å². The lowest BCUT2D eigenvalue weighted by atomic mass is 10.1. The number of halogens is 2. The maximum absolute atomic E-state index is 11.6. The van der Waals surface area contributed by atoms with Gasteiger partial charge >= 0.3 is 6.61 Å². The van der Waals surface area contributed by atoms with Gasteiger partial charge in [0.15, 0.2) is 0 Å². The van der Waals surface area contributed by atoms with Gasteiger partial charge in [0.05, 0.1) is 6.61 Å². The molecule has 0 aliphatic carbocycles. The molecule has 1 saturated heterocycles. The van der Waals surface area contributed by atoms with Crippen molar-refractivity contribution in [3.8, 4) is 0 Å². The minimum absolute atomic E-state index is 0.187. The summed E-state index contributed by atoms with van der Waals surface area (Å²) in [5.41, 5.74) is 0. The summed E-state index contributed by atoms with van der Waals surface area (Å²) in [7, 11) is 2.01. The van der Waals surface area contributed by atoms with E-state index < -0.39 is 6.61 Å². The highest BCUT2D eigenvalue weighted by molar-refractivity contribution is 4.79. The van der Waals surface area contributed by atoms with E-state index in [9.17, 15) is 8.78 Å². The molecule has 0 amide bonds. The summed E-state index contributed by atoms with van der Waals surface area (Å²) in [6, 6.07) is 0.497. The number of hydrogen-bond acceptors (Lipinski definition) is 2. The summed E-state index contributed by atoms with van der Waals surface area (Å²) < 4.78 is 27.6. The Labute approximate surface area is 71.5 Å². The Balaban J connectivity index is 2.19. The molecule has 0 saturated carbocycles. The molecule has 0 N–H and O–H groups in total. The first-order chi connectivity index (χ1) is 5.59. The van der Waals surface area contributed by atoms with Crippen LogP contribution in [0.3, 0.4) is 0 Å². The Morgan fingerprint density at radius 1 is 1.58 bits per heavy atom. The minimum Gasteiger partial charge on any atom is -0.323 e. The van der Waals surface area contributed by atoms with Crippen LogP contribution >= 0.6 is 0 Å². The Morgan fingerprint density at radius 3 is 2.67 bits per heavy atom.